The third kappa shape index (κ3) is 5.33. The van der Waals surface area contributed by atoms with Gasteiger partial charge < -0.3 is 24.2 Å². The van der Waals surface area contributed by atoms with Crippen LogP contribution in [0.15, 0.2) is 35.9 Å². The number of aliphatic hydroxyl groups excluding tert-OH is 1. The Balaban J connectivity index is 2.22. The van der Waals surface area contributed by atoms with Crippen LogP contribution < -0.4 is 9.47 Å². The molecule has 1 N–H and O–H groups in total. The van der Waals surface area contributed by atoms with Crippen molar-refractivity contribution in [1.29, 1.82) is 0 Å². The first-order valence-electron chi connectivity index (χ1n) is 11.6. The molecule has 9 heteroatoms. The Kier molecular flexibility index (Phi) is 8.93. The van der Waals surface area contributed by atoms with Gasteiger partial charge in [0.15, 0.2) is 11.5 Å². The van der Waals surface area contributed by atoms with Crippen LogP contribution in [-0.2, 0) is 14.3 Å². The van der Waals surface area contributed by atoms with Gasteiger partial charge in [-0.25, -0.2) is 0 Å². The van der Waals surface area contributed by atoms with Gasteiger partial charge in [0.1, 0.15) is 10.8 Å². The minimum atomic E-state index is -0.841. The van der Waals surface area contributed by atoms with Crippen molar-refractivity contribution in [2.75, 3.05) is 27.4 Å². The van der Waals surface area contributed by atoms with Crippen LogP contribution in [0.4, 0.5) is 0 Å². The van der Waals surface area contributed by atoms with Gasteiger partial charge in [0.2, 0.25) is 0 Å². The number of benzene rings is 2. The van der Waals surface area contributed by atoms with E-state index in [1.54, 1.807) is 0 Å². The normalized spacial score (nSPS) is 17.4. The number of Topliss-reactive ketones (excluding diaryl/α,β-unsaturated/α-hetero) is 1. The van der Waals surface area contributed by atoms with E-state index < -0.39 is 23.5 Å². The molecule has 1 aliphatic heterocycles. The fraction of sp³-hybridized carbons (Fsp3) is 0.407. The molecular weight excluding hydrogens is 505 g/mol. The number of amides is 1. The van der Waals surface area contributed by atoms with Crippen molar-refractivity contribution >= 4 is 40.7 Å². The number of likely N-dealkylation sites (tertiary alicyclic amines) is 1. The molecule has 0 radical (unpaired) electrons. The lowest BCUT2D eigenvalue weighted by molar-refractivity contribution is -0.140. The van der Waals surface area contributed by atoms with Crippen molar-refractivity contribution in [3.05, 3.63) is 62.6 Å². The average Bonchev–Trinajstić information content (AvgIpc) is 3.08. The molecular formula is C27H31Cl2NO6. The second-order valence-electron chi connectivity index (χ2n) is 9.02. The quantitative estimate of drug-likeness (QED) is 0.241. The average molecular weight is 536 g/mol. The number of hydrogen-bond acceptors (Lipinski definition) is 6. The molecule has 1 unspecified atom stereocenters. The number of rotatable bonds is 9. The molecule has 3 rings (SSSR count). The van der Waals surface area contributed by atoms with Gasteiger partial charge in [-0.15, -0.1) is 0 Å². The van der Waals surface area contributed by atoms with E-state index in [0.29, 0.717) is 11.5 Å². The summed E-state index contributed by atoms with van der Waals surface area (Å²) in [5, 5.41) is 11.6. The van der Waals surface area contributed by atoms with Crippen molar-refractivity contribution in [3.8, 4) is 11.5 Å². The predicted molar refractivity (Wildman–Crippen MR) is 140 cm³/mol. The Morgan fingerprint density at radius 3 is 2.17 bits per heavy atom. The fourth-order valence-electron chi connectivity index (χ4n) is 4.20. The molecule has 0 saturated carbocycles. The number of nitrogens with zero attached hydrogens (tertiary/aromatic N) is 1. The van der Waals surface area contributed by atoms with Gasteiger partial charge in [-0.1, -0.05) is 61.3 Å². The van der Waals surface area contributed by atoms with E-state index in [1.165, 1.54) is 25.2 Å². The van der Waals surface area contributed by atoms with E-state index >= 15 is 0 Å². The zero-order chi connectivity index (χ0) is 26.7. The Labute approximate surface area is 221 Å². The van der Waals surface area contributed by atoms with Crippen LogP contribution >= 0.6 is 23.2 Å². The Hall–Kier alpha value is -2.74. The number of halogens is 2. The van der Waals surface area contributed by atoms with Crippen LogP contribution in [0, 0.1) is 0 Å². The zero-order valence-corrected chi connectivity index (χ0v) is 22.7. The molecule has 0 aliphatic carbocycles. The molecule has 2 aromatic carbocycles. The Bertz CT molecular complexity index is 1170. The summed E-state index contributed by atoms with van der Waals surface area (Å²) in [4.78, 5) is 27.9. The third-order valence-corrected chi connectivity index (χ3v) is 6.66. The van der Waals surface area contributed by atoms with Gasteiger partial charge >= 0.3 is 0 Å². The summed E-state index contributed by atoms with van der Waals surface area (Å²) in [5.41, 5.74) is 1.77. The van der Waals surface area contributed by atoms with Crippen LogP contribution in [0.2, 0.25) is 10.0 Å². The minimum Gasteiger partial charge on any atom is -0.507 e. The molecule has 1 aliphatic rings. The molecule has 0 spiro atoms. The van der Waals surface area contributed by atoms with Crippen molar-refractivity contribution in [1.82, 2.24) is 4.90 Å². The van der Waals surface area contributed by atoms with Gasteiger partial charge in [0.25, 0.3) is 11.7 Å². The second kappa shape index (κ2) is 11.5. The first kappa shape index (κ1) is 27.8. The molecule has 2 aromatic rings. The largest absolute Gasteiger partial charge is 0.507 e. The van der Waals surface area contributed by atoms with E-state index in [2.05, 4.69) is 13.8 Å². The number of ketones is 1. The highest BCUT2D eigenvalue weighted by atomic mass is 35.5. The number of ether oxygens (including phenoxy) is 3. The predicted octanol–water partition coefficient (Wildman–Crippen LogP) is 5.98. The second-order valence-corrected chi connectivity index (χ2v) is 9.80. The van der Waals surface area contributed by atoms with Gasteiger partial charge in [-0.05, 0) is 37.0 Å². The van der Waals surface area contributed by atoms with Crippen molar-refractivity contribution < 1.29 is 28.9 Å². The Morgan fingerprint density at radius 2 is 1.64 bits per heavy atom. The summed E-state index contributed by atoms with van der Waals surface area (Å²) < 4.78 is 16.3. The van der Waals surface area contributed by atoms with E-state index in [9.17, 15) is 14.7 Å². The van der Waals surface area contributed by atoms with Crippen molar-refractivity contribution in [3.63, 3.8) is 0 Å². The van der Waals surface area contributed by atoms with Crippen LogP contribution in [0.1, 0.15) is 56.3 Å². The summed E-state index contributed by atoms with van der Waals surface area (Å²) in [6.07, 6.45) is -0.0431. The summed E-state index contributed by atoms with van der Waals surface area (Å²) in [7, 11) is 2.77. The Morgan fingerprint density at radius 1 is 1.03 bits per heavy atom. The highest BCUT2D eigenvalue weighted by Crippen LogP contribution is 2.47. The zero-order valence-electron chi connectivity index (χ0n) is 21.2. The number of carbonyl (C=O) groups excluding carboxylic acids is 2. The summed E-state index contributed by atoms with van der Waals surface area (Å²) in [6, 6.07) is 8.18. The standard InChI is InChI=1S/C27H31Cl2NO6/c1-14(2)16-7-9-17(10-8-16)22-20(24(32)27(33)30(22)11-12-36-15(3)4)23(31)18-13-19(28)26(35-6)21(29)25(18)34-5/h7-10,13-15,22,31H,11-12H2,1-6H3/b23-20+. The maximum absolute atomic E-state index is 13.3. The van der Waals surface area contributed by atoms with Crippen LogP contribution in [0.25, 0.3) is 5.76 Å². The van der Waals surface area contributed by atoms with Crippen LogP contribution in [-0.4, -0.2) is 55.2 Å². The smallest absolute Gasteiger partial charge is 0.295 e. The molecule has 36 heavy (non-hydrogen) atoms. The highest BCUT2D eigenvalue weighted by molar-refractivity contribution is 6.47. The molecule has 1 saturated heterocycles. The topological polar surface area (TPSA) is 85.3 Å². The van der Waals surface area contributed by atoms with E-state index in [-0.39, 0.29) is 51.9 Å². The monoisotopic (exact) mass is 535 g/mol. The maximum Gasteiger partial charge on any atom is 0.295 e. The van der Waals surface area contributed by atoms with Gasteiger partial charge in [0, 0.05) is 6.54 Å². The molecule has 0 bridgehead atoms. The number of aliphatic hydroxyl groups is 1. The van der Waals surface area contributed by atoms with Crippen molar-refractivity contribution in [2.45, 2.75) is 45.8 Å². The van der Waals surface area contributed by atoms with Gasteiger partial charge in [-0.2, -0.15) is 0 Å². The third-order valence-electron chi connectivity index (χ3n) is 6.04. The summed E-state index contributed by atoms with van der Waals surface area (Å²) in [6.45, 7) is 8.33. The number of carbonyl (C=O) groups is 2. The van der Waals surface area contributed by atoms with Crippen LogP contribution in [0.3, 0.4) is 0 Å². The van der Waals surface area contributed by atoms with Crippen molar-refractivity contribution in [2.24, 2.45) is 0 Å². The highest BCUT2D eigenvalue weighted by Gasteiger charge is 2.46. The molecule has 7 nitrogen and oxygen atoms in total. The number of hydrogen-bond donors (Lipinski definition) is 1. The fourth-order valence-corrected chi connectivity index (χ4v) is 4.89. The minimum absolute atomic E-state index is 0.0337. The first-order valence-corrected chi connectivity index (χ1v) is 12.4. The van der Waals surface area contributed by atoms with Gasteiger partial charge in [0.05, 0.1) is 49.1 Å². The molecule has 1 heterocycles. The lowest BCUT2D eigenvalue weighted by atomic mass is 9.93. The number of methoxy groups -OCH3 is 2. The van der Waals surface area contributed by atoms with E-state index in [4.69, 9.17) is 37.4 Å². The molecule has 1 amide bonds. The molecule has 194 valence electrons. The summed E-state index contributed by atoms with van der Waals surface area (Å²) >= 11 is 12.7. The molecule has 0 aromatic heterocycles. The maximum atomic E-state index is 13.3. The van der Waals surface area contributed by atoms with Crippen LogP contribution in [0.5, 0.6) is 11.5 Å². The van der Waals surface area contributed by atoms with E-state index in [0.717, 1.165) is 5.56 Å². The van der Waals surface area contributed by atoms with E-state index in [1.807, 2.05) is 38.1 Å². The molecule has 1 fully saturated rings. The lowest BCUT2D eigenvalue weighted by Crippen LogP contribution is -2.33. The molecule has 1 atom stereocenters. The summed E-state index contributed by atoms with van der Waals surface area (Å²) in [5.74, 6) is -1.45. The first-order chi connectivity index (χ1) is 17.0. The SMILES string of the molecule is COc1c(Cl)cc(/C(O)=C2\C(=O)C(=O)N(CCOC(C)C)C2c2ccc(C(C)C)cc2)c(OC)c1Cl. The lowest BCUT2D eigenvalue weighted by Gasteiger charge is -2.26. The van der Waals surface area contributed by atoms with Gasteiger partial charge in [-0.3, -0.25) is 9.59 Å².